The molecule has 0 radical (unpaired) electrons. The number of benzene rings is 1. The molecule has 1 saturated heterocycles. The van der Waals surface area contributed by atoms with Gasteiger partial charge in [0.1, 0.15) is 0 Å². The molecule has 27 heavy (non-hydrogen) atoms. The quantitative estimate of drug-likeness (QED) is 0.874. The van der Waals surface area contributed by atoms with Gasteiger partial charge in [-0.2, -0.15) is 4.98 Å². The molecule has 2 amide bonds. The summed E-state index contributed by atoms with van der Waals surface area (Å²) in [4.78, 5) is 31.3. The topological polar surface area (TPSA) is 88.3 Å². The minimum Gasteiger partial charge on any atom is -0.339 e. The number of piperidine rings is 1. The maximum absolute atomic E-state index is 13.0. The maximum atomic E-state index is 13.0. The van der Waals surface area contributed by atoms with Crippen molar-refractivity contribution in [1.82, 2.24) is 15.0 Å². The van der Waals surface area contributed by atoms with Crippen LogP contribution >= 0.6 is 0 Å². The molecule has 144 valence electrons. The van der Waals surface area contributed by atoms with E-state index >= 15 is 0 Å². The number of carbonyl (C=O) groups is 2. The van der Waals surface area contributed by atoms with Gasteiger partial charge in [-0.25, -0.2) is 0 Å². The molecule has 7 heteroatoms. The van der Waals surface area contributed by atoms with Gasteiger partial charge in [-0.15, -0.1) is 0 Å². The maximum Gasteiger partial charge on any atom is 0.255 e. The van der Waals surface area contributed by atoms with Gasteiger partial charge in [0.15, 0.2) is 5.82 Å². The van der Waals surface area contributed by atoms with Gasteiger partial charge in [-0.3, -0.25) is 9.59 Å². The number of hydrogen-bond acceptors (Lipinski definition) is 5. The molecule has 3 rings (SSSR count). The van der Waals surface area contributed by atoms with Crippen molar-refractivity contribution in [3.8, 4) is 0 Å². The summed E-state index contributed by atoms with van der Waals surface area (Å²) in [7, 11) is 0. The van der Waals surface area contributed by atoms with Gasteiger partial charge in [0.2, 0.25) is 11.8 Å². The fraction of sp³-hybridized carbons (Fsp3) is 0.500. The lowest BCUT2D eigenvalue weighted by atomic mass is 9.91. The second-order valence-electron chi connectivity index (χ2n) is 7.49. The molecule has 2 heterocycles. The third kappa shape index (κ3) is 4.93. The first-order chi connectivity index (χ1) is 12.9. The van der Waals surface area contributed by atoms with Crippen LogP contribution in [0.5, 0.6) is 0 Å². The molecular formula is C20H26N4O3. The Labute approximate surface area is 159 Å². The number of amides is 2. The molecule has 1 N–H and O–H groups in total. The van der Waals surface area contributed by atoms with Crippen LogP contribution in [-0.4, -0.2) is 39.9 Å². The normalized spacial score (nSPS) is 19.7. The van der Waals surface area contributed by atoms with Crippen molar-refractivity contribution >= 4 is 17.5 Å². The van der Waals surface area contributed by atoms with E-state index in [2.05, 4.69) is 29.3 Å². The molecule has 0 aliphatic carbocycles. The van der Waals surface area contributed by atoms with E-state index < -0.39 is 0 Å². The Morgan fingerprint density at radius 3 is 2.59 bits per heavy atom. The predicted octanol–water partition coefficient (Wildman–Crippen LogP) is 3.07. The SMILES string of the molecule is Cc1noc(CCC(=O)Nc2ccccc2C(=O)N2CC(C)CC(C)C2)n1. The summed E-state index contributed by atoms with van der Waals surface area (Å²) in [6.07, 6.45) is 1.71. The highest BCUT2D eigenvalue weighted by molar-refractivity contribution is 6.03. The third-order valence-electron chi connectivity index (χ3n) is 4.72. The molecule has 7 nitrogen and oxygen atoms in total. The lowest BCUT2D eigenvalue weighted by Crippen LogP contribution is -2.42. The zero-order valence-electron chi connectivity index (χ0n) is 16.1. The number of rotatable bonds is 5. The molecule has 2 atom stereocenters. The second kappa shape index (κ2) is 8.33. The molecule has 0 spiro atoms. The van der Waals surface area contributed by atoms with Crippen LogP contribution in [0.15, 0.2) is 28.8 Å². The van der Waals surface area contributed by atoms with E-state index in [-0.39, 0.29) is 18.2 Å². The number of hydrogen-bond donors (Lipinski definition) is 1. The van der Waals surface area contributed by atoms with Crippen molar-refractivity contribution in [1.29, 1.82) is 0 Å². The number of carbonyl (C=O) groups excluding carboxylic acids is 2. The van der Waals surface area contributed by atoms with Crippen LogP contribution in [0.4, 0.5) is 5.69 Å². The highest BCUT2D eigenvalue weighted by atomic mass is 16.5. The summed E-state index contributed by atoms with van der Waals surface area (Å²) in [5.41, 5.74) is 1.07. The first-order valence-corrected chi connectivity index (χ1v) is 9.39. The van der Waals surface area contributed by atoms with Crippen molar-refractivity contribution in [3.63, 3.8) is 0 Å². The molecule has 0 saturated carbocycles. The molecule has 1 aliphatic rings. The molecule has 2 aromatic rings. The highest BCUT2D eigenvalue weighted by Gasteiger charge is 2.27. The second-order valence-corrected chi connectivity index (χ2v) is 7.49. The van der Waals surface area contributed by atoms with Crippen molar-refractivity contribution in [2.45, 2.75) is 40.0 Å². The van der Waals surface area contributed by atoms with Crippen molar-refractivity contribution < 1.29 is 14.1 Å². The van der Waals surface area contributed by atoms with E-state index in [1.54, 1.807) is 19.1 Å². The van der Waals surface area contributed by atoms with Gasteiger partial charge in [0.25, 0.3) is 5.91 Å². The number of para-hydroxylation sites is 1. The highest BCUT2D eigenvalue weighted by Crippen LogP contribution is 2.25. The van der Waals surface area contributed by atoms with Crippen LogP contribution in [0.25, 0.3) is 0 Å². The van der Waals surface area contributed by atoms with Crippen LogP contribution in [0.1, 0.15) is 48.8 Å². The molecule has 1 fully saturated rings. The average molecular weight is 370 g/mol. The Morgan fingerprint density at radius 1 is 1.22 bits per heavy atom. The predicted molar refractivity (Wildman–Crippen MR) is 101 cm³/mol. The Hall–Kier alpha value is -2.70. The lowest BCUT2D eigenvalue weighted by Gasteiger charge is -2.35. The van der Waals surface area contributed by atoms with Gasteiger partial charge >= 0.3 is 0 Å². The zero-order valence-corrected chi connectivity index (χ0v) is 16.1. The first-order valence-electron chi connectivity index (χ1n) is 9.39. The minimum absolute atomic E-state index is 0.0307. The zero-order chi connectivity index (χ0) is 19.4. The number of likely N-dealkylation sites (tertiary alicyclic amines) is 1. The van der Waals surface area contributed by atoms with Crippen molar-refractivity contribution in [2.75, 3.05) is 18.4 Å². The lowest BCUT2D eigenvalue weighted by molar-refractivity contribution is -0.116. The van der Waals surface area contributed by atoms with E-state index in [1.807, 2.05) is 17.0 Å². The van der Waals surface area contributed by atoms with Crippen LogP contribution in [-0.2, 0) is 11.2 Å². The molecule has 1 aliphatic heterocycles. The van der Waals surface area contributed by atoms with E-state index in [0.29, 0.717) is 41.2 Å². The van der Waals surface area contributed by atoms with E-state index in [0.717, 1.165) is 19.5 Å². The summed E-state index contributed by atoms with van der Waals surface area (Å²) in [5.74, 6) is 1.73. The summed E-state index contributed by atoms with van der Waals surface area (Å²) in [6.45, 7) is 7.58. The molecule has 0 bridgehead atoms. The van der Waals surface area contributed by atoms with E-state index in [4.69, 9.17) is 4.52 Å². The Balaban J connectivity index is 1.66. The minimum atomic E-state index is -0.188. The Kier molecular flexibility index (Phi) is 5.88. The van der Waals surface area contributed by atoms with E-state index in [9.17, 15) is 9.59 Å². The molecule has 1 aromatic carbocycles. The average Bonchev–Trinajstić information content (AvgIpc) is 3.04. The van der Waals surface area contributed by atoms with Gasteiger partial charge in [-0.05, 0) is 37.3 Å². The first kappa shape index (κ1) is 19.1. The number of aryl methyl sites for hydroxylation is 2. The molecule has 1 aromatic heterocycles. The van der Waals surface area contributed by atoms with Crippen LogP contribution < -0.4 is 5.32 Å². The number of nitrogens with one attached hydrogen (secondary N) is 1. The van der Waals surface area contributed by atoms with Gasteiger partial charge in [-0.1, -0.05) is 31.1 Å². The largest absolute Gasteiger partial charge is 0.339 e. The monoisotopic (exact) mass is 370 g/mol. The summed E-state index contributed by atoms with van der Waals surface area (Å²) in [5, 5.41) is 6.57. The van der Waals surface area contributed by atoms with Gasteiger partial charge in [0, 0.05) is 25.9 Å². The molecular weight excluding hydrogens is 344 g/mol. The van der Waals surface area contributed by atoms with Crippen molar-refractivity contribution in [3.05, 3.63) is 41.5 Å². The molecule has 2 unspecified atom stereocenters. The number of anilines is 1. The smallest absolute Gasteiger partial charge is 0.255 e. The Bertz CT molecular complexity index is 807. The standard InChI is InChI=1S/C20H26N4O3/c1-13-10-14(2)12-24(11-13)20(26)16-6-4-5-7-17(16)22-18(25)8-9-19-21-15(3)23-27-19/h4-7,13-14H,8-12H2,1-3H3,(H,22,25). The summed E-state index contributed by atoms with van der Waals surface area (Å²) < 4.78 is 5.02. The fourth-order valence-corrected chi connectivity index (χ4v) is 3.65. The van der Waals surface area contributed by atoms with E-state index in [1.165, 1.54) is 0 Å². The summed E-state index contributed by atoms with van der Waals surface area (Å²) >= 11 is 0. The Morgan fingerprint density at radius 2 is 1.93 bits per heavy atom. The van der Waals surface area contributed by atoms with Crippen LogP contribution in [0, 0.1) is 18.8 Å². The third-order valence-corrected chi connectivity index (χ3v) is 4.72. The number of aromatic nitrogens is 2. The van der Waals surface area contributed by atoms with Crippen LogP contribution in [0.2, 0.25) is 0 Å². The number of nitrogens with zero attached hydrogens (tertiary/aromatic N) is 3. The van der Waals surface area contributed by atoms with Gasteiger partial charge < -0.3 is 14.7 Å². The fourth-order valence-electron chi connectivity index (χ4n) is 3.65. The van der Waals surface area contributed by atoms with Crippen LogP contribution in [0.3, 0.4) is 0 Å². The van der Waals surface area contributed by atoms with Gasteiger partial charge in [0.05, 0.1) is 11.3 Å². The summed E-state index contributed by atoms with van der Waals surface area (Å²) in [6, 6.07) is 7.16. The van der Waals surface area contributed by atoms with Crippen molar-refractivity contribution in [2.24, 2.45) is 11.8 Å².